The molecule has 0 aromatic heterocycles. The van der Waals surface area contributed by atoms with Crippen molar-refractivity contribution in [3.8, 4) is 11.1 Å². The van der Waals surface area contributed by atoms with Crippen molar-refractivity contribution in [1.82, 2.24) is 0 Å². The van der Waals surface area contributed by atoms with Crippen LogP contribution in [0.5, 0.6) is 0 Å². The zero-order valence-electron chi connectivity index (χ0n) is 15.9. The summed E-state index contributed by atoms with van der Waals surface area (Å²) in [5.74, 6) is -0.0892. The second kappa shape index (κ2) is 8.83. The molecule has 1 heterocycles. The quantitative estimate of drug-likeness (QED) is 0.722. The number of morpholine rings is 1. The molecule has 28 heavy (non-hydrogen) atoms. The van der Waals surface area contributed by atoms with Gasteiger partial charge in [-0.15, -0.1) is 0 Å². The molecule has 1 fully saturated rings. The molecule has 1 aliphatic rings. The highest BCUT2D eigenvalue weighted by Gasteiger charge is 2.15. The average molecular weight is 373 g/mol. The van der Waals surface area contributed by atoms with Gasteiger partial charge in [0.25, 0.3) is 5.91 Å². The maximum absolute atomic E-state index is 12.8. The molecule has 4 heteroatoms. The molecule has 2 N–H and O–H groups in total. The Morgan fingerprint density at radius 2 is 1.54 bits per heavy atom. The largest absolute Gasteiger partial charge is 0.370 e. The molecule has 4 rings (SSSR count). The monoisotopic (exact) mass is 373 g/mol. The zero-order chi connectivity index (χ0) is 19.2. The summed E-state index contributed by atoms with van der Waals surface area (Å²) < 4.78 is 5.41. The lowest BCUT2D eigenvalue weighted by atomic mass is 10.0. The molecule has 0 aliphatic carbocycles. The van der Waals surface area contributed by atoms with Crippen molar-refractivity contribution in [3.63, 3.8) is 0 Å². The van der Waals surface area contributed by atoms with Crippen LogP contribution in [0.4, 0.5) is 5.69 Å². The molecule has 3 aromatic rings. The van der Waals surface area contributed by atoms with Gasteiger partial charge in [0.1, 0.15) is 19.6 Å². The SMILES string of the molecule is O=C(Nc1ccccc1-c1ccccc1)c1ccc(C[NH+]2CCOCC2)cc1. The van der Waals surface area contributed by atoms with Crippen molar-refractivity contribution in [1.29, 1.82) is 0 Å². The second-order valence-corrected chi connectivity index (χ2v) is 7.10. The lowest BCUT2D eigenvalue weighted by Crippen LogP contribution is -3.12. The summed E-state index contributed by atoms with van der Waals surface area (Å²) in [6.07, 6.45) is 0. The molecule has 0 saturated carbocycles. The highest BCUT2D eigenvalue weighted by atomic mass is 16.5. The van der Waals surface area contributed by atoms with Gasteiger partial charge in [0, 0.05) is 22.4 Å². The summed E-state index contributed by atoms with van der Waals surface area (Å²) in [7, 11) is 0. The Kier molecular flexibility index (Phi) is 5.80. The molecule has 1 amide bonds. The summed E-state index contributed by atoms with van der Waals surface area (Å²) in [5, 5.41) is 3.07. The number of rotatable bonds is 5. The van der Waals surface area contributed by atoms with Crippen LogP contribution in [-0.4, -0.2) is 32.2 Å². The third-order valence-electron chi connectivity index (χ3n) is 5.13. The minimum atomic E-state index is -0.0892. The molecule has 142 valence electrons. The van der Waals surface area contributed by atoms with E-state index in [9.17, 15) is 4.79 Å². The molecule has 4 nitrogen and oxygen atoms in total. The number of quaternary nitrogens is 1. The van der Waals surface area contributed by atoms with Crippen molar-refractivity contribution in [2.24, 2.45) is 0 Å². The summed E-state index contributed by atoms with van der Waals surface area (Å²) in [6.45, 7) is 4.71. The Morgan fingerprint density at radius 1 is 0.857 bits per heavy atom. The van der Waals surface area contributed by atoms with Gasteiger partial charge < -0.3 is 15.0 Å². The van der Waals surface area contributed by atoms with E-state index in [1.54, 1.807) is 0 Å². The number of hydrogen-bond acceptors (Lipinski definition) is 2. The van der Waals surface area contributed by atoms with Crippen molar-refractivity contribution in [3.05, 3.63) is 90.0 Å². The van der Waals surface area contributed by atoms with E-state index in [2.05, 4.69) is 17.4 Å². The first-order chi connectivity index (χ1) is 13.8. The molecular weight excluding hydrogens is 348 g/mol. The van der Waals surface area contributed by atoms with E-state index in [0.717, 1.165) is 49.7 Å². The normalized spacial score (nSPS) is 14.6. The predicted octanol–water partition coefficient (Wildman–Crippen LogP) is 3.02. The van der Waals surface area contributed by atoms with Crippen LogP contribution >= 0.6 is 0 Å². The number of carbonyl (C=O) groups is 1. The average Bonchev–Trinajstić information content (AvgIpc) is 2.76. The second-order valence-electron chi connectivity index (χ2n) is 7.10. The summed E-state index contributed by atoms with van der Waals surface area (Å²) in [6, 6.07) is 25.9. The molecule has 1 saturated heterocycles. The highest BCUT2D eigenvalue weighted by molar-refractivity contribution is 6.06. The lowest BCUT2D eigenvalue weighted by molar-refractivity contribution is -0.921. The van der Waals surface area contributed by atoms with Gasteiger partial charge in [-0.05, 0) is 23.8 Å². The first-order valence-corrected chi connectivity index (χ1v) is 9.76. The fourth-order valence-corrected chi connectivity index (χ4v) is 3.56. The number of amides is 1. The van der Waals surface area contributed by atoms with E-state index >= 15 is 0 Å². The number of anilines is 1. The standard InChI is InChI=1S/C24H24N2O2/c27-24(21-12-10-19(11-13-21)18-26-14-16-28-17-15-26)25-23-9-5-4-8-22(23)20-6-2-1-3-7-20/h1-13H,14-18H2,(H,25,27)/p+1. The van der Waals surface area contributed by atoms with Gasteiger partial charge in [-0.1, -0.05) is 60.7 Å². The molecule has 3 aromatic carbocycles. The number of benzene rings is 3. The first-order valence-electron chi connectivity index (χ1n) is 9.76. The maximum atomic E-state index is 12.8. The summed E-state index contributed by atoms with van der Waals surface area (Å²) >= 11 is 0. The number of carbonyl (C=O) groups excluding carboxylic acids is 1. The molecular formula is C24H25N2O2+. The zero-order valence-corrected chi connectivity index (χ0v) is 15.9. The Labute approximate surface area is 165 Å². The van der Waals surface area contributed by atoms with Crippen molar-refractivity contribution >= 4 is 11.6 Å². The first kappa shape index (κ1) is 18.4. The van der Waals surface area contributed by atoms with Gasteiger partial charge in [-0.3, -0.25) is 4.79 Å². The minimum absolute atomic E-state index is 0.0892. The summed E-state index contributed by atoms with van der Waals surface area (Å²) in [4.78, 5) is 14.3. The number of para-hydroxylation sites is 1. The summed E-state index contributed by atoms with van der Waals surface area (Å²) in [5.41, 5.74) is 4.84. The van der Waals surface area contributed by atoms with E-state index in [0.29, 0.717) is 5.56 Å². The fourth-order valence-electron chi connectivity index (χ4n) is 3.56. The Bertz CT molecular complexity index is 917. The predicted molar refractivity (Wildman–Crippen MR) is 111 cm³/mol. The van der Waals surface area contributed by atoms with Crippen LogP contribution < -0.4 is 10.2 Å². The van der Waals surface area contributed by atoms with Gasteiger partial charge >= 0.3 is 0 Å². The fraction of sp³-hybridized carbons (Fsp3) is 0.208. The van der Waals surface area contributed by atoms with E-state index < -0.39 is 0 Å². The third-order valence-corrected chi connectivity index (χ3v) is 5.13. The van der Waals surface area contributed by atoms with Crippen LogP contribution in [0.25, 0.3) is 11.1 Å². The number of ether oxygens (including phenoxy) is 1. The molecule has 0 spiro atoms. The van der Waals surface area contributed by atoms with Crippen molar-refractivity contribution < 1.29 is 14.4 Å². The highest BCUT2D eigenvalue weighted by Crippen LogP contribution is 2.27. The minimum Gasteiger partial charge on any atom is -0.370 e. The van der Waals surface area contributed by atoms with Crippen LogP contribution in [0.3, 0.4) is 0 Å². The third kappa shape index (κ3) is 4.47. The maximum Gasteiger partial charge on any atom is 0.255 e. The molecule has 0 bridgehead atoms. The molecule has 0 atom stereocenters. The Hall–Kier alpha value is -2.95. The Balaban J connectivity index is 1.46. The smallest absolute Gasteiger partial charge is 0.255 e. The van der Waals surface area contributed by atoms with E-state index in [1.807, 2.05) is 66.7 Å². The molecule has 0 unspecified atom stereocenters. The van der Waals surface area contributed by atoms with Gasteiger partial charge in [-0.25, -0.2) is 0 Å². The number of hydrogen-bond donors (Lipinski definition) is 2. The topological polar surface area (TPSA) is 42.8 Å². The van der Waals surface area contributed by atoms with Gasteiger partial charge in [0.05, 0.1) is 13.2 Å². The van der Waals surface area contributed by atoms with Crippen LogP contribution in [0.15, 0.2) is 78.9 Å². The van der Waals surface area contributed by atoms with E-state index in [1.165, 1.54) is 10.5 Å². The number of nitrogens with one attached hydrogen (secondary N) is 2. The molecule has 0 radical (unpaired) electrons. The van der Waals surface area contributed by atoms with Gasteiger partial charge in [0.2, 0.25) is 0 Å². The van der Waals surface area contributed by atoms with Crippen molar-refractivity contribution in [2.75, 3.05) is 31.6 Å². The Morgan fingerprint density at radius 3 is 2.29 bits per heavy atom. The van der Waals surface area contributed by atoms with Crippen LogP contribution in [0.1, 0.15) is 15.9 Å². The molecule has 1 aliphatic heterocycles. The van der Waals surface area contributed by atoms with Crippen LogP contribution in [-0.2, 0) is 11.3 Å². The van der Waals surface area contributed by atoms with Crippen LogP contribution in [0, 0.1) is 0 Å². The van der Waals surface area contributed by atoms with Crippen LogP contribution in [0.2, 0.25) is 0 Å². The van der Waals surface area contributed by atoms with Gasteiger partial charge in [-0.2, -0.15) is 0 Å². The lowest BCUT2D eigenvalue weighted by Gasteiger charge is -2.23. The van der Waals surface area contributed by atoms with E-state index in [4.69, 9.17) is 4.74 Å². The van der Waals surface area contributed by atoms with Crippen molar-refractivity contribution in [2.45, 2.75) is 6.54 Å². The van der Waals surface area contributed by atoms with E-state index in [-0.39, 0.29) is 5.91 Å². The van der Waals surface area contributed by atoms with Gasteiger partial charge in [0.15, 0.2) is 0 Å².